The number of nitrogens with one attached hydrogen (secondary N) is 2. The summed E-state index contributed by atoms with van der Waals surface area (Å²) in [6.45, 7) is 1.96. The molecule has 1 saturated carbocycles. The number of nitrogens with zero attached hydrogens (tertiary/aromatic N) is 5. The van der Waals surface area contributed by atoms with Gasteiger partial charge in [-0.15, -0.1) is 5.10 Å². The smallest absolute Gasteiger partial charge is 0.123 e. The molecule has 6 rings (SSSR count). The number of anilines is 2. The molecule has 5 aromatic rings. The molecule has 0 radical (unpaired) electrons. The minimum atomic E-state index is -1.65. The Hall–Kier alpha value is -4.55. The Labute approximate surface area is 242 Å². The van der Waals surface area contributed by atoms with Gasteiger partial charge in [-0.2, -0.15) is 5.26 Å². The fourth-order valence-electron chi connectivity index (χ4n) is 4.84. The lowest BCUT2D eigenvalue weighted by Crippen LogP contribution is -2.14. The number of fused-ring (bicyclic) bond motifs is 1. The zero-order valence-electron chi connectivity index (χ0n) is 23.1. The monoisotopic (exact) mass is 570 g/mol. The third-order valence-corrected chi connectivity index (χ3v) is 7.40. The Balaban J connectivity index is 1.46. The van der Waals surface area contributed by atoms with E-state index in [1.165, 1.54) is 42.6 Å². The maximum atomic E-state index is 14.1. The van der Waals surface area contributed by atoms with Gasteiger partial charge in [-0.25, -0.2) is 13.5 Å². The van der Waals surface area contributed by atoms with Crippen molar-refractivity contribution in [1.82, 2.24) is 20.0 Å². The largest absolute Gasteiger partial charge is 0.377 e. The highest BCUT2D eigenvalue weighted by molar-refractivity contribution is 6.35. The van der Waals surface area contributed by atoms with Gasteiger partial charge >= 0.3 is 0 Å². The number of hydrogen-bond donors (Lipinski definition) is 2. The molecule has 1 aliphatic rings. The Kier molecular flexibility index (Phi) is 6.91. The summed E-state index contributed by atoms with van der Waals surface area (Å²) in [5.74, 6) is -0.778. The molecule has 0 spiro atoms. The lowest BCUT2D eigenvalue weighted by Gasteiger charge is -2.22. The maximum Gasteiger partial charge on any atom is 0.123 e. The standard InChI is InChI=1S/C31H26ClF2N7/c1-2-27(19-4-3-5-22(34)12-19)38-29-20(15-35)16-36-31-25(29)13-23(14-26(31)32)37-30(18-6-8-21(33)9-7-18)28-17-41(40-39-28)24-10-11-24/h3-9,12-14,16-17,24,27,30,37H,2,10-11H2,1H3,(H,36,38)/t27-,30-/m1/s1/i30D. The van der Waals surface area contributed by atoms with E-state index in [0.29, 0.717) is 45.0 Å². The quantitative estimate of drug-likeness (QED) is 0.188. The normalized spacial score (nSPS) is 15.5. The van der Waals surface area contributed by atoms with Crippen LogP contribution in [0.1, 0.15) is 68.0 Å². The SMILES string of the molecule is [2H][C@@](Nc1cc(Cl)c2ncc(C#N)c(N[C@H](CC)c3cccc(F)c3)c2c1)(c1ccc(F)cc1)c1cn(C2CC2)nn1. The van der Waals surface area contributed by atoms with Crippen molar-refractivity contribution in [2.75, 3.05) is 10.6 Å². The molecule has 0 bridgehead atoms. The fraction of sp³-hybridized carbons (Fsp3) is 0.226. The molecular weight excluding hydrogens is 544 g/mol. The van der Waals surface area contributed by atoms with E-state index in [-0.39, 0.29) is 23.5 Å². The van der Waals surface area contributed by atoms with E-state index >= 15 is 0 Å². The van der Waals surface area contributed by atoms with E-state index in [4.69, 9.17) is 11.6 Å². The van der Waals surface area contributed by atoms with Crippen LogP contribution < -0.4 is 10.6 Å². The highest BCUT2D eigenvalue weighted by atomic mass is 35.5. The van der Waals surface area contributed by atoms with Crippen LogP contribution in [-0.2, 0) is 0 Å². The van der Waals surface area contributed by atoms with Crippen LogP contribution in [0.5, 0.6) is 0 Å². The second-order valence-corrected chi connectivity index (χ2v) is 10.4. The van der Waals surface area contributed by atoms with E-state index < -0.39 is 11.8 Å². The molecule has 3 aromatic carbocycles. The van der Waals surface area contributed by atoms with E-state index in [1.54, 1.807) is 29.1 Å². The minimum absolute atomic E-state index is 0.257. The molecule has 2 N–H and O–H groups in total. The van der Waals surface area contributed by atoms with Gasteiger partial charge in [0.2, 0.25) is 0 Å². The van der Waals surface area contributed by atoms with Crippen molar-refractivity contribution in [3.63, 3.8) is 0 Å². The summed E-state index contributed by atoms with van der Waals surface area (Å²) < 4.78 is 39.2. The van der Waals surface area contributed by atoms with Gasteiger partial charge in [0.1, 0.15) is 23.4 Å². The molecule has 0 amide bonds. The number of pyridine rings is 1. The summed E-state index contributed by atoms with van der Waals surface area (Å²) in [6, 6.07) is 15.8. The Morgan fingerprint density at radius 3 is 2.61 bits per heavy atom. The number of benzene rings is 3. The third-order valence-electron chi connectivity index (χ3n) is 7.11. The molecule has 206 valence electrons. The van der Waals surface area contributed by atoms with Crippen molar-refractivity contribution in [2.45, 2.75) is 44.3 Å². The van der Waals surface area contributed by atoms with Crippen LogP contribution in [0.15, 0.2) is 73.1 Å². The number of hydrogen-bond acceptors (Lipinski definition) is 6. The lowest BCUT2D eigenvalue weighted by atomic mass is 10.0. The molecule has 0 unspecified atom stereocenters. The molecule has 2 atom stereocenters. The van der Waals surface area contributed by atoms with Crippen molar-refractivity contribution in [1.29, 1.82) is 5.26 Å². The van der Waals surface area contributed by atoms with Gasteiger partial charge in [0.05, 0.1) is 47.5 Å². The van der Waals surface area contributed by atoms with Gasteiger partial charge < -0.3 is 10.6 Å². The average Bonchev–Trinajstić information content (AvgIpc) is 3.71. The highest BCUT2D eigenvalue weighted by Gasteiger charge is 2.27. The molecule has 0 saturated heterocycles. The second-order valence-electron chi connectivity index (χ2n) is 9.99. The number of aromatic nitrogens is 4. The highest BCUT2D eigenvalue weighted by Crippen LogP contribution is 2.38. The predicted octanol–water partition coefficient (Wildman–Crippen LogP) is 7.73. The summed E-state index contributed by atoms with van der Waals surface area (Å²) in [5, 5.41) is 26.0. The first-order valence-electron chi connectivity index (χ1n) is 13.8. The van der Waals surface area contributed by atoms with Crippen LogP contribution in [0.4, 0.5) is 20.2 Å². The summed E-state index contributed by atoms with van der Waals surface area (Å²) in [6.07, 6.45) is 5.79. The predicted molar refractivity (Wildman–Crippen MR) is 155 cm³/mol. The van der Waals surface area contributed by atoms with E-state index in [0.717, 1.165) is 18.4 Å². The second kappa shape index (κ2) is 11.1. The van der Waals surface area contributed by atoms with Crippen molar-refractivity contribution >= 4 is 33.9 Å². The first-order chi connectivity index (χ1) is 20.3. The van der Waals surface area contributed by atoms with Crippen LogP contribution in [0.2, 0.25) is 5.02 Å². The van der Waals surface area contributed by atoms with Gasteiger partial charge in [-0.3, -0.25) is 4.98 Å². The molecule has 41 heavy (non-hydrogen) atoms. The van der Waals surface area contributed by atoms with E-state index in [9.17, 15) is 15.4 Å². The number of nitriles is 1. The molecular formula is C31H26ClF2N7. The molecule has 1 aliphatic carbocycles. The molecule has 7 nitrogen and oxygen atoms in total. The van der Waals surface area contributed by atoms with Crippen LogP contribution in [0, 0.1) is 23.0 Å². The molecule has 2 heterocycles. The Bertz CT molecular complexity index is 1820. The van der Waals surface area contributed by atoms with Gasteiger partial charge in [-0.1, -0.05) is 48.0 Å². The fourth-order valence-corrected chi connectivity index (χ4v) is 5.11. The van der Waals surface area contributed by atoms with Crippen LogP contribution in [-0.4, -0.2) is 20.0 Å². The molecule has 0 aliphatic heterocycles. The average molecular weight is 571 g/mol. The Morgan fingerprint density at radius 1 is 1.10 bits per heavy atom. The zero-order valence-corrected chi connectivity index (χ0v) is 22.8. The summed E-state index contributed by atoms with van der Waals surface area (Å²) in [4.78, 5) is 4.43. The minimum Gasteiger partial charge on any atom is -0.377 e. The Morgan fingerprint density at radius 2 is 1.90 bits per heavy atom. The van der Waals surface area contributed by atoms with Crippen LogP contribution in [0.3, 0.4) is 0 Å². The summed E-state index contributed by atoms with van der Waals surface area (Å²) >= 11 is 6.73. The van der Waals surface area contributed by atoms with Crippen molar-refractivity contribution < 1.29 is 10.2 Å². The van der Waals surface area contributed by atoms with E-state index in [1.807, 2.05) is 13.0 Å². The topological polar surface area (TPSA) is 91.5 Å². The zero-order chi connectivity index (χ0) is 29.4. The first-order valence-corrected chi connectivity index (χ1v) is 13.7. The maximum absolute atomic E-state index is 14.1. The van der Waals surface area contributed by atoms with Crippen molar-refractivity contribution in [3.05, 3.63) is 112 Å². The first kappa shape index (κ1) is 25.4. The lowest BCUT2D eigenvalue weighted by molar-refractivity contribution is 0.610. The van der Waals surface area contributed by atoms with Crippen molar-refractivity contribution in [2.24, 2.45) is 0 Å². The van der Waals surface area contributed by atoms with Crippen molar-refractivity contribution in [3.8, 4) is 6.07 Å². The summed E-state index contributed by atoms with van der Waals surface area (Å²) in [5.41, 5.74) is 3.18. The van der Waals surface area contributed by atoms with Gasteiger partial charge in [0.25, 0.3) is 0 Å². The van der Waals surface area contributed by atoms with E-state index in [2.05, 4.69) is 32.0 Å². The van der Waals surface area contributed by atoms with Gasteiger partial charge in [-0.05, 0) is 66.8 Å². The van der Waals surface area contributed by atoms with Gasteiger partial charge in [0, 0.05) is 17.3 Å². The molecule has 1 fully saturated rings. The van der Waals surface area contributed by atoms with Crippen LogP contribution in [0.25, 0.3) is 10.9 Å². The third kappa shape index (κ3) is 5.56. The molecule has 2 aromatic heterocycles. The van der Waals surface area contributed by atoms with Crippen LogP contribution >= 0.6 is 11.6 Å². The number of halogens is 3. The summed E-state index contributed by atoms with van der Waals surface area (Å²) in [7, 11) is 0. The number of rotatable bonds is 9. The molecule has 10 heteroatoms. The van der Waals surface area contributed by atoms with Gasteiger partial charge in [0.15, 0.2) is 0 Å².